The fourth-order valence-electron chi connectivity index (χ4n) is 1.96. The number of nitrogens with one attached hydrogen (secondary N) is 1. The first-order chi connectivity index (χ1) is 11.5. The molecule has 0 atom stereocenters. The first kappa shape index (κ1) is 17.5. The Balaban J connectivity index is 1.63. The summed E-state index contributed by atoms with van der Waals surface area (Å²) >= 11 is 0. The summed E-state index contributed by atoms with van der Waals surface area (Å²) in [6.45, 7) is 4.17. The minimum Gasteiger partial charge on any atom is -0.490 e. The number of rotatable bonds is 7. The third-order valence-corrected chi connectivity index (χ3v) is 3.34. The van der Waals surface area contributed by atoms with Crippen LogP contribution in [0.4, 0.5) is 0 Å². The predicted molar refractivity (Wildman–Crippen MR) is 91.1 cm³/mol. The van der Waals surface area contributed by atoms with Gasteiger partial charge in [-0.25, -0.2) is 0 Å². The van der Waals surface area contributed by atoms with Crippen LogP contribution in [0, 0.1) is 13.8 Å². The second-order valence-corrected chi connectivity index (χ2v) is 5.43. The Morgan fingerprint density at radius 3 is 2.08 bits per heavy atom. The monoisotopic (exact) mass is 327 g/mol. The number of hydrogen-bond acceptors (Lipinski definition) is 4. The number of esters is 1. The maximum absolute atomic E-state index is 11.9. The topological polar surface area (TPSA) is 64.6 Å². The van der Waals surface area contributed by atoms with E-state index in [9.17, 15) is 9.59 Å². The average molecular weight is 327 g/mol. The highest BCUT2D eigenvalue weighted by molar-refractivity contribution is 5.95. The van der Waals surface area contributed by atoms with Gasteiger partial charge in [0.2, 0.25) is 0 Å². The van der Waals surface area contributed by atoms with E-state index in [0.717, 1.165) is 16.9 Å². The average Bonchev–Trinajstić information content (AvgIpc) is 2.59. The molecule has 0 bridgehead atoms. The van der Waals surface area contributed by atoms with Gasteiger partial charge in [-0.2, -0.15) is 0 Å². The molecule has 0 radical (unpaired) electrons. The number of benzene rings is 2. The van der Waals surface area contributed by atoms with E-state index in [4.69, 9.17) is 9.47 Å². The summed E-state index contributed by atoms with van der Waals surface area (Å²) < 4.78 is 10.5. The molecule has 0 heterocycles. The highest BCUT2D eigenvalue weighted by atomic mass is 16.6. The highest BCUT2D eigenvalue weighted by Gasteiger charge is 2.08. The molecule has 2 rings (SSSR count). The Hall–Kier alpha value is -2.82. The fraction of sp³-hybridized carbons (Fsp3) is 0.263. The Kier molecular flexibility index (Phi) is 6.37. The molecule has 2 aromatic carbocycles. The molecule has 0 unspecified atom stereocenters. The third-order valence-electron chi connectivity index (χ3n) is 3.34. The minimum absolute atomic E-state index is 0.132. The van der Waals surface area contributed by atoms with Crippen LogP contribution in [0.25, 0.3) is 0 Å². The number of carbonyl (C=O) groups excluding carboxylic acids is 2. The number of aryl methyl sites for hydroxylation is 2. The van der Waals surface area contributed by atoms with Crippen LogP contribution in [-0.2, 0) is 9.53 Å². The van der Waals surface area contributed by atoms with Crippen molar-refractivity contribution in [1.82, 2.24) is 5.32 Å². The lowest BCUT2D eigenvalue weighted by Crippen LogP contribution is -2.31. The number of amides is 1. The van der Waals surface area contributed by atoms with Crippen molar-refractivity contribution in [3.8, 4) is 5.75 Å². The standard InChI is InChI=1S/C19H21NO4/c1-14-3-7-16(8-4-14)19(22)20-13-18(21)24-12-11-23-17-9-5-15(2)6-10-17/h3-10H,11-13H2,1-2H3,(H,20,22). The van der Waals surface area contributed by atoms with Crippen LogP contribution in [0.5, 0.6) is 5.75 Å². The predicted octanol–water partition coefficient (Wildman–Crippen LogP) is 2.66. The van der Waals surface area contributed by atoms with Crippen molar-refractivity contribution >= 4 is 11.9 Å². The summed E-state index contributed by atoms with van der Waals surface area (Å²) in [7, 11) is 0. The lowest BCUT2D eigenvalue weighted by Gasteiger charge is -2.08. The second-order valence-electron chi connectivity index (χ2n) is 5.43. The van der Waals surface area contributed by atoms with Crippen molar-refractivity contribution in [3.63, 3.8) is 0 Å². The van der Waals surface area contributed by atoms with Gasteiger partial charge in [0.15, 0.2) is 0 Å². The maximum atomic E-state index is 11.9. The van der Waals surface area contributed by atoms with Gasteiger partial charge in [-0.3, -0.25) is 9.59 Å². The molecule has 2 aromatic rings. The number of ether oxygens (including phenoxy) is 2. The summed E-state index contributed by atoms with van der Waals surface area (Å²) in [5.74, 6) is -0.0739. The van der Waals surface area contributed by atoms with Crippen molar-refractivity contribution in [2.75, 3.05) is 19.8 Å². The number of carbonyl (C=O) groups is 2. The summed E-state index contributed by atoms with van der Waals surface area (Å²) in [4.78, 5) is 23.5. The van der Waals surface area contributed by atoms with Crippen molar-refractivity contribution in [3.05, 3.63) is 65.2 Å². The van der Waals surface area contributed by atoms with Crippen LogP contribution < -0.4 is 10.1 Å². The van der Waals surface area contributed by atoms with Crippen LogP contribution >= 0.6 is 0 Å². The first-order valence-corrected chi connectivity index (χ1v) is 7.74. The van der Waals surface area contributed by atoms with Crippen LogP contribution in [0.1, 0.15) is 21.5 Å². The van der Waals surface area contributed by atoms with Crippen LogP contribution in [0.3, 0.4) is 0 Å². The van der Waals surface area contributed by atoms with Crippen LogP contribution in [-0.4, -0.2) is 31.6 Å². The van der Waals surface area contributed by atoms with Gasteiger partial charge in [0, 0.05) is 5.56 Å². The van der Waals surface area contributed by atoms with E-state index in [-0.39, 0.29) is 25.7 Å². The van der Waals surface area contributed by atoms with E-state index in [2.05, 4.69) is 5.32 Å². The first-order valence-electron chi connectivity index (χ1n) is 7.74. The number of hydrogen-bond donors (Lipinski definition) is 1. The lowest BCUT2D eigenvalue weighted by molar-refractivity contribution is -0.143. The quantitative estimate of drug-likeness (QED) is 0.627. The molecule has 126 valence electrons. The van der Waals surface area contributed by atoms with Gasteiger partial charge in [0.05, 0.1) is 0 Å². The molecule has 0 aliphatic carbocycles. The maximum Gasteiger partial charge on any atom is 0.325 e. The molecular weight excluding hydrogens is 306 g/mol. The third kappa shape index (κ3) is 5.76. The molecule has 0 fully saturated rings. The minimum atomic E-state index is -0.497. The fourth-order valence-corrected chi connectivity index (χ4v) is 1.96. The lowest BCUT2D eigenvalue weighted by atomic mass is 10.1. The smallest absolute Gasteiger partial charge is 0.325 e. The molecule has 0 spiro atoms. The van der Waals surface area contributed by atoms with E-state index in [1.165, 1.54) is 0 Å². The zero-order valence-corrected chi connectivity index (χ0v) is 13.9. The Morgan fingerprint density at radius 1 is 0.875 bits per heavy atom. The van der Waals surface area contributed by atoms with E-state index >= 15 is 0 Å². The summed E-state index contributed by atoms with van der Waals surface area (Å²) in [6, 6.07) is 14.7. The Bertz CT molecular complexity index is 678. The molecule has 0 aromatic heterocycles. The van der Waals surface area contributed by atoms with Crippen LogP contribution in [0.2, 0.25) is 0 Å². The molecule has 24 heavy (non-hydrogen) atoms. The molecule has 1 amide bonds. The van der Waals surface area contributed by atoms with Gasteiger partial charge in [0.1, 0.15) is 25.5 Å². The molecule has 0 aliphatic rings. The molecule has 1 N–H and O–H groups in total. The Morgan fingerprint density at radius 2 is 1.46 bits per heavy atom. The Labute approximate surface area is 141 Å². The van der Waals surface area contributed by atoms with Crippen molar-refractivity contribution < 1.29 is 19.1 Å². The summed E-state index contributed by atoms with van der Waals surface area (Å²) in [6.07, 6.45) is 0. The molecule has 0 aliphatic heterocycles. The highest BCUT2D eigenvalue weighted by Crippen LogP contribution is 2.10. The summed E-state index contributed by atoms with van der Waals surface area (Å²) in [5.41, 5.74) is 2.73. The van der Waals surface area contributed by atoms with Gasteiger partial charge in [0.25, 0.3) is 5.91 Å². The largest absolute Gasteiger partial charge is 0.490 e. The zero-order chi connectivity index (χ0) is 17.4. The molecule has 0 saturated carbocycles. The van der Waals surface area contributed by atoms with E-state index in [0.29, 0.717) is 5.56 Å². The normalized spacial score (nSPS) is 10.1. The second kappa shape index (κ2) is 8.72. The van der Waals surface area contributed by atoms with Crippen molar-refractivity contribution in [2.24, 2.45) is 0 Å². The van der Waals surface area contributed by atoms with Crippen molar-refractivity contribution in [2.45, 2.75) is 13.8 Å². The van der Waals surface area contributed by atoms with Gasteiger partial charge < -0.3 is 14.8 Å². The van der Waals surface area contributed by atoms with E-state index < -0.39 is 5.97 Å². The van der Waals surface area contributed by atoms with E-state index in [1.807, 2.05) is 50.2 Å². The van der Waals surface area contributed by atoms with Gasteiger partial charge >= 0.3 is 5.97 Å². The van der Waals surface area contributed by atoms with Gasteiger partial charge in [-0.1, -0.05) is 35.4 Å². The zero-order valence-electron chi connectivity index (χ0n) is 13.9. The van der Waals surface area contributed by atoms with Crippen molar-refractivity contribution in [1.29, 1.82) is 0 Å². The molecule has 5 nitrogen and oxygen atoms in total. The van der Waals surface area contributed by atoms with Crippen LogP contribution in [0.15, 0.2) is 48.5 Å². The summed E-state index contributed by atoms with van der Waals surface area (Å²) in [5, 5.41) is 2.53. The van der Waals surface area contributed by atoms with Gasteiger partial charge in [-0.05, 0) is 38.1 Å². The molecular formula is C19H21NO4. The SMILES string of the molecule is Cc1ccc(OCCOC(=O)CNC(=O)c2ccc(C)cc2)cc1. The molecule has 5 heteroatoms. The van der Waals surface area contributed by atoms with E-state index in [1.54, 1.807) is 12.1 Å². The van der Waals surface area contributed by atoms with Gasteiger partial charge in [-0.15, -0.1) is 0 Å². The molecule has 0 saturated heterocycles.